The van der Waals surface area contributed by atoms with E-state index in [1.54, 1.807) is 4.90 Å². The fourth-order valence-corrected chi connectivity index (χ4v) is 4.82. The molecule has 3 aliphatic rings. The fourth-order valence-electron chi connectivity index (χ4n) is 4.82. The first-order valence-electron chi connectivity index (χ1n) is 11.3. The van der Waals surface area contributed by atoms with E-state index in [-0.39, 0.29) is 24.5 Å². The first-order chi connectivity index (χ1) is 15.5. The molecule has 0 bridgehead atoms. The monoisotopic (exact) mass is 435 g/mol. The maximum atomic E-state index is 13.2. The number of fused-ring (bicyclic) bond motifs is 1. The van der Waals surface area contributed by atoms with Gasteiger partial charge in [-0.05, 0) is 48.7 Å². The number of carbonyl (C=O) groups is 2. The number of aryl methyl sites for hydroxylation is 1. The zero-order valence-corrected chi connectivity index (χ0v) is 18.7. The minimum absolute atomic E-state index is 0.0403. The number of anilines is 1. The summed E-state index contributed by atoms with van der Waals surface area (Å²) in [6.07, 6.45) is 0.295. The molecule has 0 radical (unpaired) electrons. The van der Waals surface area contributed by atoms with Gasteiger partial charge in [0.15, 0.2) is 11.5 Å². The van der Waals surface area contributed by atoms with Crippen LogP contribution in [-0.2, 0) is 16.1 Å². The highest BCUT2D eigenvalue weighted by molar-refractivity contribution is 6.01. The molecule has 0 spiro atoms. The number of hydrogen-bond acceptors (Lipinski definition) is 5. The van der Waals surface area contributed by atoms with E-state index >= 15 is 0 Å². The maximum absolute atomic E-state index is 13.2. The molecular formula is C25H29N3O4. The van der Waals surface area contributed by atoms with Crippen molar-refractivity contribution in [2.24, 2.45) is 5.92 Å². The van der Waals surface area contributed by atoms with Crippen LogP contribution in [0, 0.1) is 19.8 Å². The molecule has 3 heterocycles. The standard InChI is InChI=1S/C25H29N3O4/c1-17-4-3-5-21(18(17)2)28-15-20(13-24(28)29)25(30)27-10-8-26(9-11-27)14-19-6-7-22-23(12-19)32-16-31-22/h3-7,12,20H,8-11,13-16H2,1-2H3. The third kappa shape index (κ3) is 3.93. The van der Waals surface area contributed by atoms with E-state index in [9.17, 15) is 9.59 Å². The van der Waals surface area contributed by atoms with Gasteiger partial charge in [-0.15, -0.1) is 0 Å². The van der Waals surface area contributed by atoms with Gasteiger partial charge < -0.3 is 19.3 Å². The highest BCUT2D eigenvalue weighted by atomic mass is 16.7. The Balaban J connectivity index is 1.17. The van der Waals surface area contributed by atoms with E-state index in [2.05, 4.69) is 11.0 Å². The summed E-state index contributed by atoms with van der Waals surface area (Å²) < 4.78 is 10.9. The molecule has 2 amide bonds. The summed E-state index contributed by atoms with van der Waals surface area (Å²) in [6, 6.07) is 12.0. The smallest absolute Gasteiger partial charge is 0.231 e. The Morgan fingerprint density at radius 3 is 2.62 bits per heavy atom. The number of ether oxygens (including phenoxy) is 2. The zero-order chi connectivity index (χ0) is 22.2. The van der Waals surface area contributed by atoms with Gasteiger partial charge in [0.2, 0.25) is 18.6 Å². The Hall–Kier alpha value is -3.06. The minimum atomic E-state index is -0.261. The summed E-state index contributed by atoms with van der Waals surface area (Å²) in [4.78, 5) is 31.9. The first kappa shape index (κ1) is 20.8. The van der Waals surface area contributed by atoms with E-state index in [0.29, 0.717) is 26.1 Å². The highest BCUT2D eigenvalue weighted by Gasteiger charge is 2.38. The molecule has 0 aromatic heterocycles. The summed E-state index contributed by atoms with van der Waals surface area (Å²) in [6.45, 7) is 8.68. The molecule has 0 N–H and O–H groups in total. The molecule has 2 saturated heterocycles. The Labute approximate surface area is 188 Å². The van der Waals surface area contributed by atoms with Gasteiger partial charge in [0.1, 0.15) is 0 Å². The van der Waals surface area contributed by atoms with Crippen molar-refractivity contribution in [1.29, 1.82) is 0 Å². The molecule has 2 aromatic rings. The van der Waals surface area contributed by atoms with Crippen molar-refractivity contribution in [3.63, 3.8) is 0 Å². The summed E-state index contributed by atoms with van der Waals surface area (Å²) >= 11 is 0. The molecule has 0 saturated carbocycles. The first-order valence-corrected chi connectivity index (χ1v) is 11.3. The number of piperazine rings is 1. The summed E-state index contributed by atoms with van der Waals surface area (Å²) in [7, 11) is 0. The number of carbonyl (C=O) groups excluding carboxylic acids is 2. The molecule has 0 aliphatic carbocycles. The van der Waals surface area contributed by atoms with Crippen LogP contribution in [0.2, 0.25) is 0 Å². The van der Waals surface area contributed by atoms with Crippen LogP contribution in [0.4, 0.5) is 5.69 Å². The van der Waals surface area contributed by atoms with Crippen LogP contribution in [0.5, 0.6) is 11.5 Å². The topological polar surface area (TPSA) is 62.3 Å². The van der Waals surface area contributed by atoms with Crippen LogP contribution >= 0.6 is 0 Å². The van der Waals surface area contributed by atoms with Gasteiger partial charge >= 0.3 is 0 Å². The normalized spacial score (nSPS) is 20.8. The lowest BCUT2D eigenvalue weighted by Gasteiger charge is -2.36. The third-order valence-electron chi connectivity index (χ3n) is 6.87. The van der Waals surface area contributed by atoms with Crippen LogP contribution < -0.4 is 14.4 Å². The van der Waals surface area contributed by atoms with Crippen LogP contribution in [0.3, 0.4) is 0 Å². The summed E-state index contributed by atoms with van der Waals surface area (Å²) in [5.74, 6) is 1.48. The van der Waals surface area contributed by atoms with Crippen molar-refractivity contribution in [3.05, 3.63) is 53.1 Å². The Bertz CT molecular complexity index is 1050. The molecule has 3 aliphatic heterocycles. The minimum Gasteiger partial charge on any atom is -0.454 e. The van der Waals surface area contributed by atoms with Crippen LogP contribution in [0.15, 0.2) is 36.4 Å². The largest absolute Gasteiger partial charge is 0.454 e. The van der Waals surface area contributed by atoms with Crippen molar-refractivity contribution < 1.29 is 19.1 Å². The van der Waals surface area contributed by atoms with Gasteiger partial charge in [0.05, 0.1) is 5.92 Å². The van der Waals surface area contributed by atoms with Gasteiger partial charge in [-0.2, -0.15) is 0 Å². The second-order valence-corrected chi connectivity index (χ2v) is 8.91. The van der Waals surface area contributed by atoms with Crippen molar-refractivity contribution in [2.45, 2.75) is 26.8 Å². The van der Waals surface area contributed by atoms with E-state index < -0.39 is 0 Å². The van der Waals surface area contributed by atoms with Gasteiger partial charge in [-0.3, -0.25) is 14.5 Å². The average molecular weight is 436 g/mol. The van der Waals surface area contributed by atoms with E-state index in [0.717, 1.165) is 47.9 Å². The molecule has 2 aromatic carbocycles. The Kier molecular flexibility index (Phi) is 5.51. The molecule has 7 heteroatoms. The van der Waals surface area contributed by atoms with Crippen molar-refractivity contribution in [1.82, 2.24) is 9.80 Å². The molecular weight excluding hydrogens is 406 g/mol. The lowest BCUT2D eigenvalue weighted by molar-refractivity contribution is -0.137. The van der Waals surface area contributed by atoms with Crippen LogP contribution in [-0.4, -0.2) is 61.1 Å². The van der Waals surface area contributed by atoms with E-state index in [4.69, 9.17) is 9.47 Å². The maximum Gasteiger partial charge on any atom is 0.231 e. The summed E-state index contributed by atoms with van der Waals surface area (Å²) in [5, 5.41) is 0. The molecule has 7 nitrogen and oxygen atoms in total. The predicted molar refractivity (Wildman–Crippen MR) is 121 cm³/mol. The molecule has 2 fully saturated rings. The van der Waals surface area contributed by atoms with Crippen molar-refractivity contribution in [3.8, 4) is 11.5 Å². The van der Waals surface area contributed by atoms with Crippen molar-refractivity contribution in [2.75, 3.05) is 44.4 Å². The van der Waals surface area contributed by atoms with Crippen LogP contribution in [0.1, 0.15) is 23.1 Å². The van der Waals surface area contributed by atoms with Gasteiger partial charge in [0, 0.05) is 51.4 Å². The number of hydrogen-bond donors (Lipinski definition) is 0. The highest BCUT2D eigenvalue weighted by Crippen LogP contribution is 2.33. The number of nitrogens with zero attached hydrogens (tertiary/aromatic N) is 3. The number of amides is 2. The fraction of sp³-hybridized carbons (Fsp3) is 0.440. The second-order valence-electron chi connectivity index (χ2n) is 8.91. The lowest BCUT2D eigenvalue weighted by Crippen LogP contribution is -2.50. The van der Waals surface area contributed by atoms with Gasteiger partial charge in [-0.25, -0.2) is 0 Å². The van der Waals surface area contributed by atoms with Gasteiger partial charge in [0.25, 0.3) is 0 Å². The molecule has 5 rings (SSSR count). The second kappa shape index (κ2) is 8.47. The molecule has 1 unspecified atom stereocenters. The van der Waals surface area contributed by atoms with Crippen molar-refractivity contribution >= 4 is 17.5 Å². The number of rotatable bonds is 4. The van der Waals surface area contributed by atoms with E-state index in [1.807, 2.05) is 49.1 Å². The quantitative estimate of drug-likeness (QED) is 0.739. The number of benzene rings is 2. The van der Waals surface area contributed by atoms with Crippen LogP contribution in [0.25, 0.3) is 0 Å². The molecule has 1 atom stereocenters. The third-order valence-corrected chi connectivity index (χ3v) is 6.87. The van der Waals surface area contributed by atoms with E-state index in [1.165, 1.54) is 5.56 Å². The average Bonchev–Trinajstić information content (AvgIpc) is 3.42. The summed E-state index contributed by atoms with van der Waals surface area (Å²) in [5.41, 5.74) is 4.37. The molecule has 32 heavy (non-hydrogen) atoms. The van der Waals surface area contributed by atoms with Gasteiger partial charge in [-0.1, -0.05) is 18.2 Å². The predicted octanol–water partition coefficient (Wildman–Crippen LogP) is 2.73. The lowest BCUT2D eigenvalue weighted by atomic mass is 10.1. The Morgan fingerprint density at radius 2 is 1.81 bits per heavy atom. The zero-order valence-electron chi connectivity index (χ0n) is 18.7. The SMILES string of the molecule is Cc1cccc(N2CC(C(=O)N3CCN(Cc4ccc5c(c4)OCO5)CC3)CC2=O)c1C. The Morgan fingerprint density at radius 1 is 1.03 bits per heavy atom. The molecule has 168 valence electrons.